The fourth-order valence-corrected chi connectivity index (χ4v) is 3.20. The molecule has 0 saturated heterocycles. The Balaban J connectivity index is 1.70. The number of benzene rings is 1. The molecule has 0 radical (unpaired) electrons. The molecule has 0 spiro atoms. The van der Waals surface area contributed by atoms with Crippen LogP contribution in [0.5, 0.6) is 5.75 Å². The zero-order valence-corrected chi connectivity index (χ0v) is 13.2. The molecule has 2 rings (SSSR count). The van der Waals surface area contributed by atoms with Gasteiger partial charge in [-0.15, -0.1) is 11.8 Å². The molecular formula is C16H23NO3S. The third-order valence-corrected chi connectivity index (χ3v) is 4.67. The molecule has 1 aliphatic rings. The molecule has 1 aromatic rings. The number of carbonyl (C=O) groups excluding carboxylic acids is 1. The standard InChI is InChI=1S/C16H23NO3S/c1-2-20-13-5-7-14(8-6-13)21-11-15(18)17-12-16(19)9-3-4-10-16/h5-8,19H,2-4,9-12H2,1H3,(H,17,18). The van der Waals surface area contributed by atoms with Gasteiger partial charge in [0.25, 0.3) is 0 Å². The molecule has 116 valence electrons. The van der Waals surface area contributed by atoms with Crippen LogP contribution in [0, 0.1) is 0 Å². The number of nitrogens with one attached hydrogen (secondary N) is 1. The van der Waals surface area contributed by atoms with Gasteiger partial charge in [0, 0.05) is 11.4 Å². The molecule has 0 unspecified atom stereocenters. The summed E-state index contributed by atoms with van der Waals surface area (Å²) in [6.45, 7) is 2.97. The van der Waals surface area contributed by atoms with Crippen LogP contribution in [0.25, 0.3) is 0 Å². The first-order chi connectivity index (χ1) is 10.1. The summed E-state index contributed by atoms with van der Waals surface area (Å²) >= 11 is 1.49. The first-order valence-electron chi connectivity index (χ1n) is 7.46. The van der Waals surface area contributed by atoms with Crippen molar-refractivity contribution in [2.75, 3.05) is 18.9 Å². The fraction of sp³-hybridized carbons (Fsp3) is 0.562. The molecule has 0 atom stereocenters. The molecule has 1 saturated carbocycles. The summed E-state index contributed by atoms with van der Waals surface area (Å²) in [5.74, 6) is 1.17. The highest BCUT2D eigenvalue weighted by molar-refractivity contribution is 8.00. The summed E-state index contributed by atoms with van der Waals surface area (Å²) in [6.07, 6.45) is 3.68. The smallest absolute Gasteiger partial charge is 0.230 e. The summed E-state index contributed by atoms with van der Waals surface area (Å²) in [7, 11) is 0. The Hall–Kier alpha value is -1.20. The van der Waals surface area contributed by atoms with Crippen molar-refractivity contribution >= 4 is 17.7 Å². The summed E-state index contributed by atoms with van der Waals surface area (Å²) in [5.41, 5.74) is -0.681. The van der Waals surface area contributed by atoms with Crippen molar-refractivity contribution in [1.82, 2.24) is 5.32 Å². The Morgan fingerprint density at radius 2 is 2.00 bits per heavy atom. The van der Waals surface area contributed by atoms with Crippen molar-refractivity contribution in [2.24, 2.45) is 0 Å². The minimum atomic E-state index is -0.681. The number of aliphatic hydroxyl groups is 1. The number of carbonyl (C=O) groups is 1. The number of ether oxygens (including phenoxy) is 1. The van der Waals surface area contributed by atoms with Crippen molar-refractivity contribution < 1.29 is 14.6 Å². The normalized spacial score (nSPS) is 16.7. The lowest BCUT2D eigenvalue weighted by Crippen LogP contribution is -2.41. The van der Waals surface area contributed by atoms with Crippen LogP contribution >= 0.6 is 11.8 Å². The van der Waals surface area contributed by atoms with E-state index in [2.05, 4.69) is 5.32 Å². The molecule has 1 fully saturated rings. The van der Waals surface area contributed by atoms with Crippen molar-refractivity contribution in [1.29, 1.82) is 0 Å². The highest BCUT2D eigenvalue weighted by atomic mass is 32.2. The average molecular weight is 309 g/mol. The Bertz CT molecular complexity index is 455. The SMILES string of the molecule is CCOc1ccc(SCC(=O)NCC2(O)CCCC2)cc1. The summed E-state index contributed by atoms with van der Waals surface area (Å²) in [4.78, 5) is 12.9. The Kier molecular flexibility index (Phi) is 5.94. The van der Waals surface area contributed by atoms with Gasteiger partial charge in [0.1, 0.15) is 5.75 Å². The Morgan fingerprint density at radius 1 is 1.33 bits per heavy atom. The van der Waals surface area contributed by atoms with Crippen LogP contribution in [0.3, 0.4) is 0 Å². The topological polar surface area (TPSA) is 58.6 Å². The minimum absolute atomic E-state index is 0.0331. The van der Waals surface area contributed by atoms with Gasteiger partial charge in [0.2, 0.25) is 5.91 Å². The van der Waals surface area contributed by atoms with Crippen LogP contribution < -0.4 is 10.1 Å². The number of thioether (sulfide) groups is 1. The first kappa shape index (κ1) is 16.2. The molecule has 0 aliphatic heterocycles. The van der Waals surface area contributed by atoms with E-state index in [1.807, 2.05) is 31.2 Å². The maximum atomic E-state index is 11.8. The molecule has 0 heterocycles. The van der Waals surface area contributed by atoms with Crippen LogP contribution in [0.2, 0.25) is 0 Å². The molecule has 1 aromatic carbocycles. The van der Waals surface area contributed by atoms with Gasteiger partial charge in [-0.2, -0.15) is 0 Å². The second kappa shape index (κ2) is 7.71. The molecular weight excluding hydrogens is 286 g/mol. The largest absolute Gasteiger partial charge is 0.494 e. The summed E-state index contributed by atoms with van der Waals surface area (Å²) in [5, 5.41) is 13.0. The second-order valence-corrected chi connectivity index (χ2v) is 6.45. The molecule has 0 bridgehead atoms. The highest BCUT2D eigenvalue weighted by Gasteiger charge is 2.31. The monoisotopic (exact) mass is 309 g/mol. The van der Waals surface area contributed by atoms with E-state index in [-0.39, 0.29) is 5.91 Å². The van der Waals surface area contributed by atoms with Crippen LogP contribution in [-0.2, 0) is 4.79 Å². The lowest BCUT2D eigenvalue weighted by molar-refractivity contribution is -0.119. The zero-order chi connectivity index (χ0) is 15.1. The molecule has 4 nitrogen and oxygen atoms in total. The van der Waals surface area contributed by atoms with Gasteiger partial charge in [-0.05, 0) is 44.0 Å². The minimum Gasteiger partial charge on any atom is -0.494 e. The van der Waals surface area contributed by atoms with E-state index in [1.54, 1.807) is 0 Å². The predicted molar refractivity (Wildman–Crippen MR) is 84.8 cm³/mol. The zero-order valence-electron chi connectivity index (χ0n) is 12.4. The Morgan fingerprint density at radius 3 is 2.62 bits per heavy atom. The quantitative estimate of drug-likeness (QED) is 0.760. The van der Waals surface area contributed by atoms with Crippen LogP contribution in [0.4, 0.5) is 0 Å². The van der Waals surface area contributed by atoms with Crippen LogP contribution in [-0.4, -0.2) is 35.5 Å². The van der Waals surface area contributed by atoms with E-state index < -0.39 is 5.60 Å². The fourth-order valence-electron chi connectivity index (χ4n) is 2.47. The number of hydrogen-bond donors (Lipinski definition) is 2. The lowest BCUT2D eigenvalue weighted by atomic mass is 10.0. The van der Waals surface area contributed by atoms with E-state index in [0.717, 1.165) is 36.3 Å². The summed E-state index contributed by atoms with van der Waals surface area (Å²) in [6, 6.07) is 7.72. The predicted octanol–water partition coefficient (Wildman–Crippen LogP) is 2.60. The van der Waals surface area contributed by atoms with E-state index in [4.69, 9.17) is 4.74 Å². The van der Waals surface area contributed by atoms with Gasteiger partial charge in [-0.25, -0.2) is 0 Å². The third kappa shape index (κ3) is 5.25. The van der Waals surface area contributed by atoms with E-state index in [1.165, 1.54) is 11.8 Å². The maximum absolute atomic E-state index is 11.8. The average Bonchev–Trinajstić information content (AvgIpc) is 2.92. The van der Waals surface area contributed by atoms with Gasteiger partial charge >= 0.3 is 0 Å². The van der Waals surface area contributed by atoms with Crippen molar-refractivity contribution in [3.8, 4) is 5.75 Å². The van der Waals surface area contributed by atoms with Gasteiger partial charge in [-0.1, -0.05) is 12.8 Å². The van der Waals surface area contributed by atoms with Crippen LogP contribution in [0.15, 0.2) is 29.2 Å². The number of amides is 1. The van der Waals surface area contributed by atoms with E-state index >= 15 is 0 Å². The number of rotatable bonds is 7. The number of hydrogen-bond acceptors (Lipinski definition) is 4. The first-order valence-corrected chi connectivity index (χ1v) is 8.45. The van der Waals surface area contributed by atoms with Gasteiger partial charge in [-0.3, -0.25) is 4.79 Å². The lowest BCUT2D eigenvalue weighted by Gasteiger charge is -2.22. The molecule has 5 heteroatoms. The molecule has 1 amide bonds. The molecule has 0 aromatic heterocycles. The van der Waals surface area contributed by atoms with Crippen LogP contribution in [0.1, 0.15) is 32.6 Å². The van der Waals surface area contributed by atoms with Gasteiger partial charge < -0.3 is 15.2 Å². The summed E-state index contributed by atoms with van der Waals surface area (Å²) < 4.78 is 5.38. The van der Waals surface area contributed by atoms with Crippen molar-refractivity contribution in [3.63, 3.8) is 0 Å². The van der Waals surface area contributed by atoms with E-state index in [9.17, 15) is 9.90 Å². The highest BCUT2D eigenvalue weighted by Crippen LogP contribution is 2.28. The molecule has 2 N–H and O–H groups in total. The van der Waals surface area contributed by atoms with Crippen molar-refractivity contribution in [3.05, 3.63) is 24.3 Å². The molecule has 1 aliphatic carbocycles. The second-order valence-electron chi connectivity index (χ2n) is 5.40. The van der Waals surface area contributed by atoms with E-state index in [0.29, 0.717) is 18.9 Å². The van der Waals surface area contributed by atoms with Crippen molar-refractivity contribution in [2.45, 2.75) is 43.1 Å². The van der Waals surface area contributed by atoms with Gasteiger partial charge in [0.15, 0.2) is 0 Å². The van der Waals surface area contributed by atoms with Gasteiger partial charge in [0.05, 0.1) is 18.0 Å². The Labute approximate surface area is 130 Å². The maximum Gasteiger partial charge on any atom is 0.230 e. The molecule has 21 heavy (non-hydrogen) atoms. The third-order valence-electron chi connectivity index (χ3n) is 3.65.